The van der Waals surface area contributed by atoms with E-state index in [0.717, 1.165) is 0 Å². The Hall–Kier alpha value is 3.68. The van der Waals surface area contributed by atoms with Crippen LogP contribution in [0.4, 0.5) is 0 Å². The van der Waals surface area contributed by atoms with Gasteiger partial charge in [0.25, 0.3) is 0 Å². The molecular weight excluding hydrogens is 469 g/mol. The van der Waals surface area contributed by atoms with Crippen LogP contribution in [0.5, 0.6) is 0 Å². The van der Waals surface area contributed by atoms with E-state index in [4.69, 9.17) is 0 Å². The zero-order chi connectivity index (χ0) is 0. The fraction of sp³-hybridized carbons (Fsp3) is 0. The molecule has 0 aliphatic carbocycles. The first kappa shape index (κ1) is 37.8. The summed E-state index contributed by atoms with van der Waals surface area (Å²) in [6.07, 6.45) is 0. The van der Waals surface area contributed by atoms with E-state index in [1.54, 1.807) is 0 Å². The van der Waals surface area contributed by atoms with Gasteiger partial charge in [-0.3, -0.25) is 0 Å². The summed E-state index contributed by atoms with van der Waals surface area (Å²) >= 11 is 0. The van der Waals surface area contributed by atoms with Crippen molar-refractivity contribution in [3.63, 3.8) is 0 Å². The van der Waals surface area contributed by atoms with Gasteiger partial charge in [-0.1, -0.05) is 0 Å². The Kier molecular flexibility index (Phi) is 191. The first-order valence-corrected chi connectivity index (χ1v) is 0. The van der Waals surface area contributed by atoms with Crippen molar-refractivity contribution < 1.29 is 36.5 Å². The van der Waals surface area contributed by atoms with E-state index in [9.17, 15) is 0 Å². The molecule has 0 unspecified atom stereocenters. The van der Waals surface area contributed by atoms with Crippen LogP contribution < -0.4 is 0 Å². The van der Waals surface area contributed by atoms with E-state index in [1.165, 1.54) is 0 Å². The molecule has 0 nitrogen and oxygen atoms in total. The van der Waals surface area contributed by atoms with Gasteiger partial charge in [-0.15, -0.1) is 0 Å². The summed E-state index contributed by atoms with van der Waals surface area (Å²) in [7, 11) is 0. The molecule has 0 saturated carbocycles. The van der Waals surface area contributed by atoms with Crippen molar-refractivity contribution in [3.8, 4) is 0 Å². The second-order valence-electron chi connectivity index (χ2n) is 0. The molecule has 0 saturated heterocycles. The summed E-state index contributed by atoms with van der Waals surface area (Å²) in [5.74, 6) is 0. The smallest absolute Gasteiger partial charge is 0 e. The van der Waals surface area contributed by atoms with Gasteiger partial charge in [0.05, 0.1) is 0 Å². The minimum Gasteiger partial charge on any atom is 0 e. The van der Waals surface area contributed by atoms with Crippen molar-refractivity contribution >= 4 is 75.6 Å². The van der Waals surface area contributed by atoms with Crippen molar-refractivity contribution in [1.82, 2.24) is 0 Å². The topological polar surface area (TPSA) is 0 Å². The molecule has 5 heteroatoms. The predicted octanol–water partition coefficient (Wildman–Crippen LogP) is -3.29. The van der Waals surface area contributed by atoms with E-state index in [-0.39, 0.29) is 112 Å². The predicted molar refractivity (Wildman–Crippen MR) is 28.4 cm³/mol. The average molecular weight is 477 g/mol. The van der Waals surface area contributed by atoms with Crippen LogP contribution in [0, 0.1) is 0 Å². The molecule has 5 heavy (non-hydrogen) atoms. The number of rotatable bonds is 0. The fourth-order valence-electron chi connectivity index (χ4n) is 0. The largest absolute Gasteiger partial charge is 0 e. The van der Waals surface area contributed by atoms with Gasteiger partial charge in [0.2, 0.25) is 0 Å². The molecule has 0 N–H and O–H groups in total. The molecule has 0 amide bonds. The van der Waals surface area contributed by atoms with Crippen LogP contribution in [0.3, 0.4) is 0 Å². The zero-order valence-corrected chi connectivity index (χ0v) is 9.98. The molecule has 0 aliphatic heterocycles. The Morgan fingerprint density at radius 3 is 0.800 bits per heavy atom. The summed E-state index contributed by atoms with van der Waals surface area (Å²) < 4.78 is 0. The maximum Gasteiger partial charge on any atom is 0 e. The summed E-state index contributed by atoms with van der Waals surface area (Å²) in [5, 5.41) is 0. The second kappa shape index (κ2) is 25.3. The Balaban J connectivity index is 0. The van der Waals surface area contributed by atoms with Gasteiger partial charge < -0.3 is 0 Å². The van der Waals surface area contributed by atoms with Gasteiger partial charge in [0.1, 0.15) is 0 Å². The van der Waals surface area contributed by atoms with Crippen LogP contribution in [-0.4, -0.2) is 75.6 Å². The van der Waals surface area contributed by atoms with Crippen molar-refractivity contribution in [2.45, 2.75) is 0 Å². The molecule has 0 heterocycles. The molecule has 0 aliphatic rings. The fourth-order valence-corrected chi connectivity index (χ4v) is 0. The first-order chi connectivity index (χ1) is 0. The SMILES string of the molecule is [InH3].[InH3].[Mn].[SnH2].[Zn]. The molecule has 27 valence electrons. The van der Waals surface area contributed by atoms with Gasteiger partial charge in [-0.25, -0.2) is 0 Å². The third-order valence-corrected chi connectivity index (χ3v) is 0. The molecule has 0 atom stereocenters. The maximum absolute atomic E-state index is 0. The normalized spacial score (nSPS) is 0. The van der Waals surface area contributed by atoms with Crippen LogP contribution in [-0.2, 0) is 36.5 Å². The molecule has 3 radical (unpaired) electrons. The van der Waals surface area contributed by atoms with Crippen molar-refractivity contribution in [2.75, 3.05) is 0 Å². The average Bonchev–Trinajstić information content (AvgIpc) is 0. The van der Waals surface area contributed by atoms with Crippen molar-refractivity contribution in [2.24, 2.45) is 0 Å². The molecular formula is H8In2MnSnZn. The first-order valence-electron chi connectivity index (χ1n) is 0. The van der Waals surface area contributed by atoms with Gasteiger partial charge in [-0.05, 0) is 0 Å². The molecule has 0 aromatic rings. The van der Waals surface area contributed by atoms with Gasteiger partial charge in [-0.2, -0.15) is 0 Å². The van der Waals surface area contributed by atoms with Crippen LogP contribution >= 0.6 is 0 Å². The van der Waals surface area contributed by atoms with Crippen LogP contribution in [0.1, 0.15) is 0 Å². The van der Waals surface area contributed by atoms with E-state index >= 15 is 0 Å². The number of hydrogen-bond donors (Lipinski definition) is 0. The summed E-state index contributed by atoms with van der Waals surface area (Å²) in [4.78, 5) is 0. The quantitative estimate of drug-likeness (QED) is 0.322. The maximum atomic E-state index is 0. The minimum atomic E-state index is 0. The van der Waals surface area contributed by atoms with Gasteiger partial charge in [0.15, 0.2) is 0 Å². The van der Waals surface area contributed by atoms with Crippen LogP contribution in [0.25, 0.3) is 0 Å². The molecule has 0 spiro atoms. The van der Waals surface area contributed by atoms with E-state index < -0.39 is 0 Å². The van der Waals surface area contributed by atoms with E-state index in [2.05, 4.69) is 0 Å². The molecule has 0 fully saturated rings. The Morgan fingerprint density at radius 1 is 0.800 bits per heavy atom. The third-order valence-electron chi connectivity index (χ3n) is 0. The standard InChI is InChI=1S/2In.Mn.Sn.Zn.8H. The van der Waals surface area contributed by atoms with E-state index in [1.807, 2.05) is 0 Å². The monoisotopic (exact) mass is 477 g/mol. The summed E-state index contributed by atoms with van der Waals surface area (Å²) in [6.45, 7) is 0. The van der Waals surface area contributed by atoms with E-state index in [0.29, 0.717) is 0 Å². The number of hydrogen-bond acceptors (Lipinski definition) is 0. The van der Waals surface area contributed by atoms with Crippen molar-refractivity contribution in [1.29, 1.82) is 0 Å². The Bertz CT molecular complexity index is 9.61. The van der Waals surface area contributed by atoms with Gasteiger partial charge >= 0.3 is 75.6 Å². The van der Waals surface area contributed by atoms with Gasteiger partial charge in [0, 0.05) is 36.5 Å². The summed E-state index contributed by atoms with van der Waals surface area (Å²) in [5.41, 5.74) is 0. The van der Waals surface area contributed by atoms with Crippen LogP contribution in [0.2, 0.25) is 0 Å². The Labute approximate surface area is 110 Å². The van der Waals surface area contributed by atoms with Crippen molar-refractivity contribution in [3.05, 3.63) is 0 Å². The molecule has 0 aromatic heterocycles. The zero-order valence-electron chi connectivity index (χ0n) is 1.79. The van der Waals surface area contributed by atoms with Crippen LogP contribution in [0.15, 0.2) is 0 Å². The molecule has 0 rings (SSSR count). The molecule has 0 aromatic carbocycles. The summed E-state index contributed by atoms with van der Waals surface area (Å²) in [6, 6.07) is 0. The Morgan fingerprint density at radius 2 is 0.800 bits per heavy atom. The second-order valence-corrected chi connectivity index (χ2v) is 0. The minimum absolute atomic E-state index is 0. The molecule has 0 bridgehead atoms. The third kappa shape index (κ3) is 18.3.